The highest BCUT2D eigenvalue weighted by Crippen LogP contribution is 2.25. The monoisotopic (exact) mass is 358 g/mol. The molecule has 0 spiro atoms. The standard InChI is InChI=1S/C13H9BrCl2N2O/c1-7-2-3-17-12(16)11(7)18-13(19)8-4-9(14)6-10(15)5-8/h2-6H,1H3,(H,18,19). The van der Waals surface area contributed by atoms with Crippen LogP contribution < -0.4 is 5.32 Å². The van der Waals surface area contributed by atoms with Gasteiger partial charge in [0.25, 0.3) is 5.91 Å². The summed E-state index contributed by atoms with van der Waals surface area (Å²) in [4.78, 5) is 16.1. The Balaban J connectivity index is 2.31. The van der Waals surface area contributed by atoms with Gasteiger partial charge < -0.3 is 5.32 Å². The molecule has 0 aliphatic rings. The first-order valence-corrected chi connectivity index (χ1v) is 6.91. The van der Waals surface area contributed by atoms with Gasteiger partial charge in [-0.3, -0.25) is 4.79 Å². The summed E-state index contributed by atoms with van der Waals surface area (Å²) in [5.41, 5.74) is 1.79. The molecule has 3 nitrogen and oxygen atoms in total. The lowest BCUT2D eigenvalue weighted by Crippen LogP contribution is -2.13. The van der Waals surface area contributed by atoms with Crippen LogP contribution in [-0.4, -0.2) is 10.9 Å². The van der Waals surface area contributed by atoms with Crippen LogP contribution in [0.2, 0.25) is 10.2 Å². The van der Waals surface area contributed by atoms with Crippen LogP contribution >= 0.6 is 39.1 Å². The van der Waals surface area contributed by atoms with E-state index in [2.05, 4.69) is 26.2 Å². The molecule has 0 atom stereocenters. The Morgan fingerprint density at radius 3 is 2.68 bits per heavy atom. The number of anilines is 1. The Morgan fingerprint density at radius 2 is 2.05 bits per heavy atom. The van der Waals surface area contributed by atoms with E-state index in [1.165, 1.54) is 0 Å². The number of aromatic nitrogens is 1. The zero-order chi connectivity index (χ0) is 14.0. The molecule has 0 radical (unpaired) electrons. The Labute approximate surface area is 129 Å². The number of amides is 1. The first-order chi connectivity index (χ1) is 8.97. The van der Waals surface area contributed by atoms with Crippen molar-refractivity contribution in [1.29, 1.82) is 0 Å². The predicted octanol–water partition coefficient (Wildman–Crippen LogP) is 4.71. The topological polar surface area (TPSA) is 42.0 Å². The average Bonchev–Trinajstić information content (AvgIpc) is 2.32. The third-order valence-corrected chi connectivity index (χ3v) is 3.44. The van der Waals surface area contributed by atoms with Gasteiger partial charge >= 0.3 is 0 Å². The summed E-state index contributed by atoms with van der Waals surface area (Å²) < 4.78 is 0.735. The molecule has 1 amide bonds. The molecular formula is C13H9BrCl2N2O. The molecule has 0 saturated carbocycles. The lowest BCUT2D eigenvalue weighted by atomic mass is 10.2. The minimum absolute atomic E-state index is 0.259. The fraction of sp³-hybridized carbons (Fsp3) is 0.0769. The zero-order valence-electron chi connectivity index (χ0n) is 9.88. The van der Waals surface area contributed by atoms with Gasteiger partial charge in [-0.15, -0.1) is 0 Å². The van der Waals surface area contributed by atoms with Crippen molar-refractivity contribution in [2.75, 3.05) is 5.32 Å². The highest BCUT2D eigenvalue weighted by atomic mass is 79.9. The molecule has 1 N–H and O–H groups in total. The molecule has 6 heteroatoms. The number of hydrogen-bond donors (Lipinski definition) is 1. The van der Waals surface area contributed by atoms with Gasteiger partial charge in [-0.25, -0.2) is 4.98 Å². The Morgan fingerprint density at radius 1 is 1.32 bits per heavy atom. The molecular weight excluding hydrogens is 351 g/mol. The maximum absolute atomic E-state index is 12.1. The smallest absolute Gasteiger partial charge is 0.255 e. The molecule has 1 aromatic carbocycles. The molecule has 1 aromatic heterocycles. The van der Waals surface area contributed by atoms with E-state index in [1.54, 1.807) is 30.5 Å². The van der Waals surface area contributed by atoms with Crippen molar-refractivity contribution in [3.63, 3.8) is 0 Å². The number of rotatable bonds is 2. The normalized spacial score (nSPS) is 10.3. The van der Waals surface area contributed by atoms with E-state index in [0.29, 0.717) is 16.3 Å². The van der Waals surface area contributed by atoms with Gasteiger partial charge in [-0.2, -0.15) is 0 Å². The summed E-state index contributed by atoms with van der Waals surface area (Å²) in [7, 11) is 0. The molecule has 0 aliphatic carbocycles. The number of aryl methyl sites for hydroxylation is 1. The first-order valence-electron chi connectivity index (χ1n) is 5.36. The van der Waals surface area contributed by atoms with Crippen molar-refractivity contribution in [1.82, 2.24) is 4.98 Å². The van der Waals surface area contributed by atoms with Gasteiger partial charge in [0.1, 0.15) is 0 Å². The van der Waals surface area contributed by atoms with Crippen LogP contribution in [0.4, 0.5) is 5.69 Å². The molecule has 2 aromatic rings. The molecule has 98 valence electrons. The maximum atomic E-state index is 12.1. The van der Waals surface area contributed by atoms with Crippen molar-refractivity contribution in [2.45, 2.75) is 6.92 Å². The molecule has 0 aliphatic heterocycles. The second-order valence-electron chi connectivity index (χ2n) is 3.91. The van der Waals surface area contributed by atoms with Crippen LogP contribution in [0.3, 0.4) is 0 Å². The highest BCUT2D eigenvalue weighted by molar-refractivity contribution is 9.10. The second kappa shape index (κ2) is 5.90. The highest BCUT2D eigenvalue weighted by Gasteiger charge is 2.12. The van der Waals surface area contributed by atoms with E-state index < -0.39 is 0 Å². The number of carbonyl (C=O) groups is 1. The van der Waals surface area contributed by atoms with Gasteiger partial charge in [0.05, 0.1) is 5.69 Å². The Hall–Kier alpha value is -1.10. The minimum atomic E-state index is -0.291. The predicted molar refractivity (Wildman–Crippen MR) is 81.1 cm³/mol. The number of carbonyl (C=O) groups excluding carboxylic acids is 1. The van der Waals surface area contributed by atoms with Crippen molar-refractivity contribution in [3.05, 3.63) is 56.2 Å². The van der Waals surface area contributed by atoms with Crippen LogP contribution in [0.1, 0.15) is 15.9 Å². The van der Waals surface area contributed by atoms with Crippen LogP contribution in [0.25, 0.3) is 0 Å². The van der Waals surface area contributed by atoms with Crippen LogP contribution in [0.15, 0.2) is 34.9 Å². The van der Waals surface area contributed by atoms with Crippen molar-refractivity contribution in [2.24, 2.45) is 0 Å². The van der Waals surface area contributed by atoms with E-state index in [-0.39, 0.29) is 11.1 Å². The summed E-state index contributed by atoms with van der Waals surface area (Å²) in [5.74, 6) is -0.291. The summed E-state index contributed by atoms with van der Waals surface area (Å²) in [6, 6.07) is 6.75. The fourth-order valence-electron chi connectivity index (χ4n) is 1.55. The average molecular weight is 360 g/mol. The third kappa shape index (κ3) is 3.47. The number of nitrogens with zero attached hydrogens (tertiary/aromatic N) is 1. The first kappa shape index (κ1) is 14.3. The molecule has 0 unspecified atom stereocenters. The number of nitrogens with one attached hydrogen (secondary N) is 1. The summed E-state index contributed by atoms with van der Waals surface area (Å²) in [6.45, 7) is 1.84. The van der Waals surface area contributed by atoms with Crippen molar-refractivity contribution in [3.8, 4) is 0 Å². The molecule has 0 fully saturated rings. The minimum Gasteiger partial charge on any atom is -0.319 e. The Kier molecular flexibility index (Phi) is 4.45. The fourth-order valence-corrected chi connectivity index (χ4v) is 2.66. The lowest BCUT2D eigenvalue weighted by molar-refractivity contribution is 0.102. The SMILES string of the molecule is Cc1ccnc(Cl)c1NC(=O)c1cc(Cl)cc(Br)c1. The summed E-state index contributed by atoms with van der Waals surface area (Å²) in [5, 5.41) is 3.48. The van der Waals surface area contributed by atoms with Crippen molar-refractivity contribution >= 4 is 50.7 Å². The Bertz CT molecular complexity index is 606. The second-order valence-corrected chi connectivity index (χ2v) is 5.62. The number of halogens is 3. The van der Waals surface area contributed by atoms with Crippen molar-refractivity contribution < 1.29 is 4.79 Å². The lowest BCUT2D eigenvalue weighted by Gasteiger charge is -2.10. The van der Waals surface area contributed by atoms with Gasteiger partial charge in [0.2, 0.25) is 0 Å². The number of benzene rings is 1. The number of pyridine rings is 1. The van der Waals surface area contributed by atoms with Crippen LogP contribution in [0, 0.1) is 6.92 Å². The van der Waals surface area contributed by atoms with E-state index in [4.69, 9.17) is 23.2 Å². The van der Waals surface area contributed by atoms with E-state index in [0.717, 1.165) is 10.0 Å². The summed E-state index contributed by atoms with van der Waals surface area (Å²) in [6.07, 6.45) is 1.59. The molecule has 0 saturated heterocycles. The maximum Gasteiger partial charge on any atom is 0.255 e. The van der Waals surface area contributed by atoms with Gasteiger partial charge in [0, 0.05) is 21.3 Å². The van der Waals surface area contributed by atoms with Gasteiger partial charge in [0.15, 0.2) is 5.15 Å². The molecule has 1 heterocycles. The van der Waals surface area contributed by atoms with E-state index in [1.807, 2.05) is 6.92 Å². The van der Waals surface area contributed by atoms with Crippen LogP contribution in [-0.2, 0) is 0 Å². The van der Waals surface area contributed by atoms with Crippen LogP contribution in [0.5, 0.6) is 0 Å². The van der Waals surface area contributed by atoms with E-state index >= 15 is 0 Å². The third-order valence-electron chi connectivity index (χ3n) is 2.48. The summed E-state index contributed by atoms with van der Waals surface area (Å²) >= 11 is 15.2. The van der Waals surface area contributed by atoms with E-state index in [9.17, 15) is 4.79 Å². The molecule has 19 heavy (non-hydrogen) atoms. The zero-order valence-corrected chi connectivity index (χ0v) is 13.0. The van der Waals surface area contributed by atoms with Gasteiger partial charge in [-0.05, 0) is 36.8 Å². The largest absolute Gasteiger partial charge is 0.319 e. The molecule has 2 rings (SSSR count). The molecule has 0 bridgehead atoms. The van der Waals surface area contributed by atoms with Gasteiger partial charge in [-0.1, -0.05) is 39.1 Å². The quantitative estimate of drug-likeness (QED) is 0.789. The number of hydrogen-bond acceptors (Lipinski definition) is 2.